The number of nitrogens with one attached hydrogen (secondary N) is 1. The van der Waals surface area contributed by atoms with Crippen molar-refractivity contribution in [3.05, 3.63) is 69.1 Å². The van der Waals surface area contributed by atoms with Gasteiger partial charge in [0.2, 0.25) is 11.8 Å². The molecule has 2 amide bonds. The number of aryl methyl sites for hydroxylation is 1. The zero-order valence-electron chi connectivity index (χ0n) is 15.9. The minimum absolute atomic E-state index is 0.116. The normalized spacial score (nSPS) is 10.6. The molecule has 0 saturated carbocycles. The van der Waals surface area contributed by atoms with Gasteiger partial charge in [-0.05, 0) is 25.1 Å². The second-order valence-electron chi connectivity index (χ2n) is 6.58. The van der Waals surface area contributed by atoms with Crippen molar-refractivity contribution >= 4 is 52.0 Å². The van der Waals surface area contributed by atoms with Crippen molar-refractivity contribution in [2.45, 2.75) is 13.3 Å². The number of halogens is 2. The fraction of sp³-hybridized carbons (Fsp3) is 0.190. The Balaban J connectivity index is 1.59. The van der Waals surface area contributed by atoms with Crippen molar-refractivity contribution in [2.75, 3.05) is 18.9 Å². The molecule has 1 heterocycles. The van der Waals surface area contributed by atoms with Crippen molar-refractivity contribution in [1.82, 2.24) is 9.88 Å². The van der Waals surface area contributed by atoms with Crippen LogP contribution in [0.1, 0.15) is 11.3 Å². The molecule has 0 aliphatic heterocycles. The lowest BCUT2D eigenvalue weighted by Crippen LogP contribution is -2.36. The average Bonchev–Trinajstić information content (AvgIpc) is 3.13. The van der Waals surface area contributed by atoms with Crippen LogP contribution in [-0.4, -0.2) is 35.3 Å². The van der Waals surface area contributed by atoms with Gasteiger partial charge < -0.3 is 10.2 Å². The van der Waals surface area contributed by atoms with E-state index >= 15 is 0 Å². The van der Waals surface area contributed by atoms with E-state index in [9.17, 15) is 9.59 Å². The molecule has 1 aromatic heterocycles. The second kappa shape index (κ2) is 9.39. The summed E-state index contributed by atoms with van der Waals surface area (Å²) in [5, 5.41) is 6.06. The Labute approximate surface area is 183 Å². The molecule has 0 saturated heterocycles. The van der Waals surface area contributed by atoms with Gasteiger partial charge in [-0.1, -0.05) is 53.0 Å². The fourth-order valence-electron chi connectivity index (χ4n) is 2.69. The van der Waals surface area contributed by atoms with Gasteiger partial charge in [-0.15, -0.1) is 11.3 Å². The Morgan fingerprint density at radius 3 is 2.52 bits per heavy atom. The second-order valence-corrected chi connectivity index (χ2v) is 8.26. The number of likely N-dealkylation sites (N-methyl/N-ethyl adjacent to an activating group) is 1. The van der Waals surface area contributed by atoms with Crippen LogP contribution in [0.4, 0.5) is 5.69 Å². The van der Waals surface area contributed by atoms with E-state index in [1.807, 2.05) is 30.5 Å². The molecule has 0 atom stereocenters. The number of rotatable bonds is 6. The fourth-order valence-corrected chi connectivity index (χ4v) is 4.00. The maximum Gasteiger partial charge on any atom is 0.244 e. The molecule has 3 aromatic rings. The molecular formula is C21H19Cl2N3O2S. The van der Waals surface area contributed by atoms with Crippen LogP contribution >= 0.6 is 34.5 Å². The van der Waals surface area contributed by atoms with Crippen LogP contribution in [0.15, 0.2) is 47.8 Å². The molecule has 0 aliphatic carbocycles. The van der Waals surface area contributed by atoms with Crippen LogP contribution in [0.2, 0.25) is 10.0 Å². The standard InChI is InChI=1S/C21H19Cl2N3O2S/c1-13-5-3-6-14(9-13)21-24-15(12-29-21)10-19(28)26(2)11-18(27)25-20-16(22)7-4-8-17(20)23/h3-9,12H,10-11H2,1-2H3,(H,25,27). The minimum atomic E-state index is -0.380. The first-order chi connectivity index (χ1) is 13.8. The largest absolute Gasteiger partial charge is 0.336 e. The quantitative estimate of drug-likeness (QED) is 0.573. The van der Waals surface area contributed by atoms with Crippen LogP contribution in [-0.2, 0) is 16.0 Å². The summed E-state index contributed by atoms with van der Waals surface area (Å²) >= 11 is 13.6. The van der Waals surface area contributed by atoms with Crippen LogP contribution < -0.4 is 5.32 Å². The van der Waals surface area contributed by atoms with Crippen LogP contribution in [0, 0.1) is 6.92 Å². The zero-order chi connectivity index (χ0) is 21.0. The van der Waals surface area contributed by atoms with Crippen molar-refractivity contribution < 1.29 is 9.59 Å². The van der Waals surface area contributed by atoms with Gasteiger partial charge in [0.05, 0.1) is 34.4 Å². The molecule has 0 spiro atoms. The van der Waals surface area contributed by atoms with Crippen molar-refractivity contribution in [2.24, 2.45) is 0 Å². The highest BCUT2D eigenvalue weighted by Crippen LogP contribution is 2.29. The summed E-state index contributed by atoms with van der Waals surface area (Å²) in [6, 6.07) is 13.0. The molecule has 0 bridgehead atoms. The van der Waals surface area contributed by atoms with Gasteiger partial charge in [-0.25, -0.2) is 4.98 Å². The Bertz CT molecular complexity index is 1030. The highest BCUT2D eigenvalue weighted by atomic mass is 35.5. The molecule has 0 aliphatic rings. The number of hydrogen-bond donors (Lipinski definition) is 1. The van der Waals surface area contributed by atoms with E-state index < -0.39 is 0 Å². The summed E-state index contributed by atoms with van der Waals surface area (Å²) in [7, 11) is 1.57. The van der Waals surface area contributed by atoms with Gasteiger partial charge >= 0.3 is 0 Å². The molecule has 1 N–H and O–H groups in total. The van der Waals surface area contributed by atoms with Gasteiger partial charge in [0.15, 0.2) is 0 Å². The first kappa shape index (κ1) is 21.3. The predicted octanol–water partition coefficient (Wildman–Crippen LogP) is 5.06. The predicted molar refractivity (Wildman–Crippen MR) is 119 cm³/mol. The number of carbonyl (C=O) groups excluding carboxylic acids is 2. The molecule has 29 heavy (non-hydrogen) atoms. The zero-order valence-corrected chi connectivity index (χ0v) is 18.2. The van der Waals surface area contributed by atoms with E-state index in [0.29, 0.717) is 21.4 Å². The van der Waals surface area contributed by atoms with Gasteiger partial charge in [0, 0.05) is 18.0 Å². The van der Waals surface area contributed by atoms with E-state index in [-0.39, 0.29) is 24.8 Å². The van der Waals surface area contributed by atoms with Crippen LogP contribution in [0.5, 0.6) is 0 Å². The molecular weight excluding hydrogens is 429 g/mol. The molecule has 0 unspecified atom stereocenters. The summed E-state index contributed by atoms with van der Waals surface area (Å²) in [5.74, 6) is -0.582. The lowest BCUT2D eigenvalue weighted by molar-refractivity contribution is -0.132. The van der Waals surface area contributed by atoms with Gasteiger partial charge in [0.1, 0.15) is 5.01 Å². The average molecular weight is 448 g/mol. The van der Waals surface area contributed by atoms with Gasteiger partial charge in [-0.2, -0.15) is 0 Å². The van der Waals surface area contributed by atoms with E-state index in [1.165, 1.54) is 16.2 Å². The Morgan fingerprint density at radius 1 is 1.14 bits per heavy atom. The molecule has 8 heteroatoms. The molecule has 150 valence electrons. The van der Waals surface area contributed by atoms with E-state index in [1.54, 1.807) is 25.2 Å². The van der Waals surface area contributed by atoms with Gasteiger partial charge in [-0.3, -0.25) is 9.59 Å². The number of thiazole rings is 1. The lowest BCUT2D eigenvalue weighted by atomic mass is 10.1. The van der Waals surface area contributed by atoms with Crippen LogP contribution in [0.3, 0.4) is 0 Å². The Kier molecular flexibility index (Phi) is 6.90. The SMILES string of the molecule is Cc1cccc(-c2nc(CC(=O)N(C)CC(=O)Nc3c(Cl)cccc3Cl)cs2)c1. The third-order valence-corrected chi connectivity index (χ3v) is 5.75. The lowest BCUT2D eigenvalue weighted by Gasteiger charge is -2.17. The number of benzene rings is 2. The summed E-state index contributed by atoms with van der Waals surface area (Å²) in [6.07, 6.45) is 0.124. The van der Waals surface area contributed by atoms with E-state index in [4.69, 9.17) is 23.2 Å². The smallest absolute Gasteiger partial charge is 0.244 e. The van der Waals surface area contributed by atoms with Crippen LogP contribution in [0.25, 0.3) is 10.6 Å². The van der Waals surface area contributed by atoms with Crippen molar-refractivity contribution in [3.8, 4) is 10.6 Å². The first-order valence-electron chi connectivity index (χ1n) is 8.83. The van der Waals surface area contributed by atoms with E-state index in [0.717, 1.165) is 16.1 Å². The monoisotopic (exact) mass is 447 g/mol. The first-order valence-corrected chi connectivity index (χ1v) is 10.5. The Hall–Kier alpha value is -2.41. The number of anilines is 1. The van der Waals surface area contributed by atoms with Gasteiger partial charge in [0.25, 0.3) is 0 Å². The highest BCUT2D eigenvalue weighted by Gasteiger charge is 2.17. The summed E-state index contributed by atoms with van der Waals surface area (Å²) in [5.41, 5.74) is 3.19. The topological polar surface area (TPSA) is 62.3 Å². The summed E-state index contributed by atoms with van der Waals surface area (Å²) in [6.45, 7) is 1.91. The van der Waals surface area contributed by atoms with E-state index in [2.05, 4.69) is 16.4 Å². The third-order valence-electron chi connectivity index (χ3n) is 4.18. The molecule has 2 aromatic carbocycles. The number of nitrogens with zero attached hydrogens (tertiary/aromatic N) is 2. The maximum absolute atomic E-state index is 12.5. The third kappa shape index (κ3) is 5.56. The van der Waals surface area contributed by atoms with Crippen molar-refractivity contribution in [3.63, 3.8) is 0 Å². The maximum atomic E-state index is 12.5. The molecule has 0 radical (unpaired) electrons. The minimum Gasteiger partial charge on any atom is -0.336 e. The molecule has 5 nitrogen and oxygen atoms in total. The number of hydrogen-bond acceptors (Lipinski definition) is 4. The Morgan fingerprint density at radius 2 is 1.83 bits per heavy atom. The summed E-state index contributed by atoms with van der Waals surface area (Å²) in [4.78, 5) is 30.7. The number of aromatic nitrogens is 1. The number of carbonyl (C=O) groups is 2. The number of amides is 2. The molecule has 3 rings (SSSR count). The summed E-state index contributed by atoms with van der Waals surface area (Å²) < 4.78 is 0. The number of para-hydroxylation sites is 1. The van der Waals surface area contributed by atoms with Crippen molar-refractivity contribution in [1.29, 1.82) is 0 Å². The molecule has 0 fully saturated rings. The highest BCUT2D eigenvalue weighted by molar-refractivity contribution is 7.13.